The van der Waals surface area contributed by atoms with E-state index in [1.807, 2.05) is 42.7 Å². The van der Waals surface area contributed by atoms with Crippen LogP contribution in [0.15, 0.2) is 60.7 Å². The highest BCUT2D eigenvalue weighted by molar-refractivity contribution is 7.98. The number of carbonyl (C=O) groups excluding carboxylic acids is 3. The van der Waals surface area contributed by atoms with Crippen molar-refractivity contribution in [2.45, 2.75) is 31.9 Å². The van der Waals surface area contributed by atoms with Crippen LogP contribution < -0.4 is 10.6 Å². The maximum atomic E-state index is 12.6. The number of carbonyl (C=O) groups is 3. The lowest BCUT2D eigenvalue weighted by molar-refractivity contribution is -0.156. The van der Waals surface area contributed by atoms with Gasteiger partial charge in [0.25, 0.3) is 11.8 Å². The van der Waals surface area contributed by atoms with Crippen molar-refractivity contribution in [3.63, 3.8) is 0 Å². The van der Waals surface area contributed by atoms with Crippen molar-refractivity contribution in [3.8, 4) is 0 Å². The first-order chi connectivity index (χ1) is 14.5. The Hall–Kier alpha value is -2.80. The van der Waals surface area contributed by atoms with E-state index in [0.717, 1.165) is 5.56 Å². The second-order valence-electron chi connectivity index (χ2n) is 6.78. The molecule has 0 saturated heterocycles. The van der Waals surface area contributed by atoms with Crippen LogP contribution in [-0.2, 0) is 20.7 Å². The van der Waals surface area contributed by atoms with E-state index >= 15 is 0 Å². The van der Waals surface area contributed by atoms with E-state index in [2.05, 4.69) is 10.6 Å². The standard InChI is InChI=1S/C23H28N2O4S/c1-17(21(26)24-15-13-18-9-5-3-6-10-18)29-23(28)20(14-16-30-2)25-22(27)19-11-7-4-8-12-19/h3-12,17,20H,13-16H2,1-2H3,(H,24,26)(H,25,27). The average Bonchev–Trinajstić information content (AvgIpc) is 2.77. The lowest BCUT2D eigenvalue weighted by Gasteiger charge is -2.20. The molecule has 0 spiro atoms. The van der Waals surface area contributed by atoms with Crippen LogP contribution in [0.2, 0.25) is 0 Å². The normalized spacial score (nSPS) is 12.5. The predicted octanol–water partition coefficient (Wildman–Crippen LogP) is 2.83. The number of hydrogen-bond donors (Lipinski definition) is 2. The summed E-state index contributed by atoms with van der Waals surface area (Å²) in [7, 11) is 0. The Bertz CT molecular complexity index is 814. The molecule has 0 saturated carbocycles. The van der Waals surface area contributed by atoms with Gasteiger partial charge in [0.1, 0.15) is 6.04 Å². The molecule has 2 unspecified atom stereocenters. The van der Waals surface area contributed by atoms with Gasteiger partial charge < -0.3 is 15.4 Å². The van der Waals surface area contributed by atoms with E-state index in [1.54, 1.807) is 36.0 Å². The third kappa shape index (κ3) is 7.91. The molecule has 6 nitrogen and oxygen atoms in total. The Morgan fingerprint density at radius 2 is 1.63 bits per heavy atom. The first-order valence-corrected chi connectivity index (χ1v) is 11.3. The SMILES string of the molecule is CSCCC(NC(=O)c1ccccc1)C(=O)OC(C)C(=O)NCCc1ccccc1. The topological polar surface area (TPSA) is 84.5 Å². The van der Waals surface area contributed by atoms with Crippen molar-refractivity contribution in [3.05, 3.63) is 71.8 Å². The quantitative estimate of drug-likeness (QED) is 0.538. The van der Waals surface area contributed by atoms with Crippen LogP contribution in [0.1, 0.15) is 29.3 Å². The van der Waals surface area contributed by atoms with Crippen molar-refractivity contribution < 1.29 is 19.1 Å². The summed E-state index contributed by atoms with van der Waals surface area (Å²) >= 11 is 1.57. The third-order valence-electron chi connectivity index (χ3n) is 4.45. The lowest BCUT2D eigenvalue weighted by atomic mass is 10.1. The number of rotatable bonds is 11. The summed E-state index contributed by atoms with van der Waals surface area (Å²) in [5.74, 6) is -0.651. The summed E-state index contributed by atoms with van der Waals surface area (Å²) in [6, 6.07) is 17.7. The molecule has 0 aliphatic carbocycles. The first kappa shape index (κ1) is 23.5. The Morgan fingerprint density at radius 3 is 2.27 bits per heavy atom. The minimum Gasteiger partial charge on any atom is -0.451 e. The summed E-state index contributed by atoms with van der Waals surface area (Å²) in [6.45, 7) is 1.98. The molecule has 2 amide bonds. The predicted molar refractivity (Wildman–Crippen MR) is 119 cm³/mol. The number of amides is 2. The largest absolute Gasteiger partial charge is 0.451 e. The monoisotopic (exact) mass is 428 g/mol. The number of ether oxygens (including phenoxy) is 1. The fraction of sp³-hybridized carbons (Fsp3) is 0.348. The summed E-state index contributed by atoms with van der Waals surface area (Å²) < 4.78 is 5.34. The van der Waals surface area contributed by atoms with Gasteiger partial charge >= 0.3 is 5.97 Å². The van der Waals surface area contributed by atoms with Crippen LogP contribution in [0.25, 0.3) is 0 Å². The molecular weight excluding hydrogens is 400 g/mol. The molecule has 0 aromatic heterocycles. The maximum absolute atomic E-state index is 12.6. The molecule has 2 aromatic rings. The molecule has 7 heteroatoms. The van der Waals surface area contributed by atoms with E-state index in [1.165, 1.54) is 6.92 Å². The smallest absolute Gasteiger partial charge is 0.329 e. The Kier molecular flexibility index (Phi) is 9.94. The van der Waals surface area contributed by atoms with Crippen LogP contribution in [-0.4, -0.2) is 48.5 Å². The fourth-order valence-corrected chi connectivity index (χ4v) is 3.22. The molecule has 0 bridgehead atoms. The highest BCUT2D eigenvalue weighted by Gasteiger charge is 2.26. The average molecular weight is 429 g/mol. The molecule has 2 atom stereocenters. The van der Waals surface area contributed by atoms with Gasteiger partial charge in [0.05, 0.1) is 0 Å². The van der Waals surface area contributed by atoms with Crippen LogP contribution in [0, 0.1) is 0 Å². The zero-order chi connectivity index (χ0) is 21.8. The van der Waals surface area contributed by atoms with Gasteiger partial charge in [-0.15, -0.1) is 0 Å². The van der Waals surface area contributed by atoms with Gasteiger partial charge in [-0.2, -0.15) is 11.8 Å². The van der Waals surface area contributed by atoms with Gasteiger partial charge in [0.15, 0.2) is 6.10 Å². The molecule has 0 heterocycles. The van der Waals surface area contributed by atoms with Gasteiger partial charge in [-0.25, -0.2) is 4.79 Å². The zero-order valence-electron chi connectivity index (χ0n) is 17.3. The van der Waals surface area contributed by atoms with Gasteiger partial charge in [0, 0.05) is 12.1 Å². The highest BCUT2D eigenvalue weighted by atomic mass is 32.2. The molecule has 30 heavy (non-hydrogen) atoms. The molecule has 0 fully saturated rings. The Labute approximate surface area is 181 Å². The van der Waals surface area contributed by atoms with Crippen molar-refractivity contribution in [2.75, 3.05) is 18.6 Å². The zero-order valence-corrected chi connectivity index (χ0v) is 18.1. The van der Waals surface area contributed by atoms with E-state index in [4.69, 9.17) is 4.74 Å². The number of hydrogen-bond acceptors (Lipinski definition) is 5. The molecule has 160 valence electrons. The van der Waals surface area contributed by atoms with Crippen LogP contribution >= 0.6 is 11.8 Å². The summed E-state index contributed by atoms with van der Waals surface area (Å²) in [4.78, 5) is 37.3. The molecule has 2 N–H and O–H groups in total. The minimum atomic E-state index is -0.946. The Balaban J connectivity index is 1.86. The molecule has 0 aliphatic rings. The summed E-state index contributed by atoms with van der Waals surface area (Å²) in [6.07, 6.45) is 2.08. The maximum Gasteiger partial charge on any atom is 0.329 e. The molecule has 0 radical (unpaired) electrons. The van der Waals surface area contributed by atoms with E-state index in [0.29, 0.717) is 30.7 Å². The van der Waals surface area contributed by atoms with Gasteiger partial charge in [-0.3, -0.25) is 9.59 Å². The molecule has 2 aromatic carbocycles. The van der Waals surface area contributed by atoms with E-state index in [9.17, 15) is 14.4 Å². The fourth-order valence-electron chi connectivity index (χ4n) is 2.74. The van der Waals surface area contributed by atoms with Crippen LogP contribution in [0.4, 0.5) is 0 Å². The number of benzene rings is 2. The molecule has 2 rings (SSSR count). The van der Waals surface area contributed by atoms with Gasteiger partial charge in [0.2, 0.25) is 0 Å². The van der Waals surface area contributed by atoms with E-state index < -0.39 is 18.1 Å². The van der Waals surface area contributed by atoms with Crippen molar-refractivity contribution in [1.82, 2.24) is 10.6 Å². The lowest BCUT2D eigenvalue weighted by Crippen LogP contribution is -2.45. The number of esters is 1. The van der Waals surface area contributed by atoms with Crippen molar-refractivity contribution >= 4 is 29.5 Å². The van der Waals surface area contributed by atoms with Crippen molar-refractivity contribution in [1.29, 1.82) is 0 Å². The van der Waals surface area contributed by atoms with Crippen LogP contribution in [0.5, 0.6) is 0 Å². The Morgan fingerprint density at radius 1 is 1.00 bits per heavy atom. The van der Waals surface area contributed by atoms with Gasteiger partial charge in [-0.05, 0) is 49.5 Å². The second-order valence-corrected chi connectivity index (χ2v) is 7.76. The molecular formula is C23H28N2O4S. The summed E-state index contributed by atoms with van der Waals surface area (Å²) in [5.41, 5.74) is 1.58. The highest BCUT2D eigenvalue weighted by Crippen LogP contribution is 2.07. The number of thioether (sulfide) groups is 1. The minimum absolute atomic E-state index is 0.349. The summed E-state index contributed by atoms with van der Waals surface area (Å²) in [5, 5.41) is 5.50. The number of nitrogens with one attached hydrogen (secondary N) is 2. The third-order valence-corrected chi connectivity index (χ3v) is 5.10. The first-order valence-electron chi connectivity index (χ1n) is 9.88. The van der Waals surface area contributed by atoms with Crippen molar-refractivity contribution in [2.24, 2.45) is 0 Å². The second kappa shape index (κ2) is 12.7. The molecule has 0 aliphatic heterocycles. The van der Waals surface area contributed by atoms with E-state index in [-0.39, 0.29) is 11.8 Å². The van der Waals surface area contributed by atoms with Gasteiger partial charge in [-0.1, -0.05) is 48.5 Å². The van der Waals surface area contributed by atoms with Crippen LogP contribution in [0.3, 0.4) is 0 Å².